The van der Waals surface area contributed by atoms with E-state index in [1.165, 1.54) is 6.42 Å². The van der Waals surface area contributed by atoms with Crippen molar-refractivity contribution in [3.8, 4) is 0 Å². The van der Waals surface area contributed by atoms with E-state index in [-0.39, 0.29) is 11.4 Å². The zero-order valence-corrected chi connectivity index (χ0v) is 7.57. The van der Waals surface area contributed by atoms with Gasteiger partial charge in [-0.3, -0.25) is 4.79 Å². The van der Waals surface area contributed by atoms with Gasteiger partial charge in [-0.05, 0) is 47.8 Å². The minimum atomic E-state index is 0.0990. The summed E-state index contributed by atoms with van der Waals surface area (Å²) in [5, 5.41) is 0. The molecule has 13 heavy (non-hydrogen) atoms. The Morgan fingerprint density at radius 3 is 2.46 bits per heavy atom. The average molecular weight is 176 g/mol. The number of ether oxygens (including phenoxy) is 1. The molecular weight excluding hydrogens is 164 g/mol. The molecule has 2 heteroatoms. The van der Waals surface area contributed by atoms with Crippen LogP contribution in [0.3, 0.4) is 0 Å². The summed E-state index contributed by atoms with van der Waals surface area (Å²) in [7, 11) is 1.56. The summed E-state index contributed by atoms with van der Waals surface area (Å²) in [5.74, 6) is 6.43. The van der Waals surface area contributed by atoms with Crippen LogP contribution in [0.2, 0.25) is 0 Å². The minimum absolute atomic E-state index is 0.0990. The largest absolute Gasteiger partial charge is 0.469 e. The summed E-state index contributed by atoms with van der Waals surface area (Å²) >= 11 is 0. The van der Waals surface area contributed by atoms with Crippen molar-refractivity contribution >= 4 is 5.97 Å². The number of hydrogen-bond acceptors (Lipinski definition) is 2. The van der Waals surface area contributed by atoms with Crippen molar-refractivity contribution in [3.63, 3.8) is 0 Å². The zero-order valence-electron chi connectivity index (χ0n) is 7.57. The van der Waals surface area contributed by atoms with Gasteiger partial charge in [0.2, 0.25) is 0 Å². The van der Waals surface area contributed by atoms with E-state index in [1.807, 2.05) is 0 Å². The van der Waals surface area contributed by atoms with Crippen LogP contribution in [0, 0.1) is 46.8 Å². The summed E-state index contributed by atoms with van der Waals surface area (Å²) < 4.78 is 4.98. The van der Waals surface area contributed by atoms with Crippen molar-refractivity contribution in [1.82, 2.24) is 0 Å². The predicted molar refractivity (Wildman–Crippen MR) is 43.5 cm³/mol. The molecule has 68 valence electrons. The molecule has 6 saturated carbocycles. The van der Waals surface area contributed by atoms with Crippen LogP contribution < -0.4 is 0 Å². The minimum Gasteiger partial charge on any atom is -0.469 e. The fourth-order valence-corrected chi connectivity index (χ4v) is 6.47. The van der Waals surface area contributed by atoms with Gasteiger partial charge in [0.1, 0.15) is 0 Å². The van der Waals surface area contributed by atoms with Gasteiger partial charge in [0.05, 0.1) is 12.5 Å². The monoisotopic (exact) mass is 176 g/mol. The molecule has 0 spiro atoms. The van der Waals surface area contributed by atoms with Gasteiger partial charge in [-0.2, -0.15) is 0 Å². The van der Waals surface area contributed by atoms with E-state index >= 15 is 0 Å². The Morgan fingerprint density at radius 2 is 1.92 bits per heavy atom. The van der Waals surface area contributed by atoms with Crippen LogP contribution in [0.15, 0.2) is 0 Å². The maximum Gasteiger partial charge on any atom is 0.312 e. The Balaban J connectivity index is 1.68. The summed E-state index contributed by atoms with van der Waals surface area (Å²) in [6.45, 7) is 0. The van der Waals surface area contributed by atoms with Crippen LogP contribution in [-0.2, 0) is 9.53 Å². The highest BCUT2D eigenvalue weighted by Gasteiger charge is 3.00. The molecule has 0 aliphatic heterocycles. The zero-order chi connectivity index (χ0) is 8.53. The lowest BCUT2D eigenvalue weighted by Gasteiger charge is -2.89. The van der Waals surface area contributed by atoms with Gasteiger partial charge in [-0.25, -0.2) is 0 Å². The van der Waals surface area contributed by atoms with Crippen molar-refractivity contribution in [3.05, 3.63) is 0 Å². The molecule has 0 saturated heterocycles. The normalized spacial score (nSPS) is 77.2. The van der Waals surface area contributed by atoms with Crippen LogP contribution in [-0.4, -0.2) is 13.1 Å². The SMILES string of the molecule is COC(=O)C12C3[C@H]4C5CC([C@H]41)[C@H]2[C@@H]53. The molecule has 0 aromatic carbocycles. The number of hydrogen-bond donors (Lipinski definition) is 0. The summed E-state index contributed by atoms with van der Waals surface area (Å²) in [6, 6.07) is 0. The second kappa shape index (κ2) is 1.27. The van der Waals surface area contributed by atoms with E-state index in [0.717, 1.165) is 41.4 Å². The quantitative estimate of drug-likeness (QED) is 0.555. The van der Waals surface area contributed by atoms with E-state index in [1.54, 1.807) is 7.11 Å². The Bertz CT molecular complexity index is 337. The molecule has 0 amide bonds. The van der Waals surface area contributed by atoms with Crippen LogP contribution in [0.25, 0.3) is 0 Å². The summed E-state index contributed by atoms with van der Waals surface area (Å²) in [5.41, 5.74) is 0.0990. The highest BCUT2D eigenvalue weighted by Crippen LogP contribution is 2.99. The third-order valence-electron chi connectivity index (χ3n) is 6.31. The molecule has 0 radical (unpaired) electrons. The number of esters is 1. The average Bonchev–Trinajstić information content (AvgIpc) is 2.43. The molecule has 0 aromatic heterocycles. The predicted octanol–water partition coefficient (Wildman–Crippen LogP) is 0.917. The highest BCUT2D eigenvalue weighted by molar-refractivity contribution is 5.85. The molecule has 8 atom stereocenters. The number of carbonyl (C=O) groups excluding carboxylic acids is 1. The number of carbonyl (C=O) groups is 1. The van der Waals surface area contributed by atoms with Crippen molar-refractivity contribution in [1.29, 1.82) is 0 Å². The molecular formula is C11H12O2. The third-order valence-corrected chi connectivity index (χ3v) is 6.31. The molecule has 2 nitrogen and oxygen atoms in total. The molecule has 6 fully saturated rings. The van der Waals surface area contributed by atoms with Gasteiger partial charge >= 0.3 is 5.97 Å². The first-order valence-electron chi connectivity index (χ1n) is 5.42. The molecule has 6 aliphatic rings. The fourth-order valence-electron chi connectivity index (χ4n) is 6.47. The van der Waals surface area contributed by atoms with Gasteiger partial charge in [0, 0.05) is 0 Å². The Hall–Kier alpha value is -0.530. The number of methoxy groups -OCH3 is 1. The van der Waals surface area contributed by atoms with E-state index in [9.17, 15) is 4.79 Å². The first-order chi connectivity index (χ1) is 6.33. The maximum absolute atomic E-state index is 11.7. The highest BCUT2D eigenvalue weighted by atomic mass is 16.5. The van der Waals surface area contributed by atoms with Gasteiger partial charge in [0.25, 0.3) is 0 Å². The van der Waals surface area contributed by atoms with Crippen molar-refractivity contribution in [2.45, 2.75) is 6.42 Å². The fraction of sp³-hybridized carbons (Fsp3) is 0.909. The summed E-state index contributed by atoms with van der Waals surface area (Å²) in [6.07, 6.45) is 1.46. The first-order valence-corrected chi connectivity index (χ1v) is 5.42. The van der Waals surface area contributed by atoms with Crippen molar-refractivity contribution in [2.24, 2.45) is 46.8 Å². The van der Waals surface area contributed by atoms with Gasteiger partial charge in [-0.1, -0.05) is 0 Å². The molecule has 2 bridgehead atoms. The van der Waals surface area contributed by atoms with E-state index in [0.29, 0.717) is 0 Å². The Kier molecular flexibility index (Phi) is 0.591. The lowest BCUT2D eigenvalue weighted by atomic mass is 9.13. The Labute approximate surface area is 76.6 Å². The number of rotatable bonds is 1. The molecule has 0 heterocycles. The van der Waals surface area contributed by atoms with Gasteiger partial charge < -0.3 is 4.74 Å². The van der Waals surface area contributed by atoms with Crippen molar-refractivity contribution < 1.29 is 9.53 Å². The smallest absolute Gasteiger partial charge is 0.312 e. The second-order valence-electron chi connectivity index (χ2n) is 5.72. The third kappa shape index (κ3) is 0.272. The van der Waals surface area contributed by atoms with Crippen LogP contribution in [0.5, 0.6) is 0 Å². The van der Waals surface area contributed by atoms with E-state index < -0.39 is 0 Å². The molecule has 4 unspecified atom stereocenters. The second-order valence-corrected chi connectivity index (χ2v) is 5.72. The van der Waals surface area contributed by atoms with Crippen molar-refractivity contribution in [2.75, 3.05) is 7.11 Å². The molecule has 0 N–H and O–H groups in total. The molecule has 6 aliphatic carbocycles. The van der Waals surface area contributed by atoms with Gasteiger partial charge in [-0.15, -0.1) is 0 Å². The lowest BCUT2D eigenvalue weighted by molar-refractivity contribution is -0.430. The topological polar surface area (TPSA) is 26.3 Å². The van der Waals surface area contributed by atoms with E-state index in [2.05, 4.69) is 0 Å². The van der Waals surface area contributed by atoms with E-state index in [4.69, 9.17) is 4.74 Å². The first kappa shape index (κ1) is 6.05. The molecule has 0 aromatic rings. The maximum atomic E-state index is 11.7. The Morgan fingerprint density at radius 1 is 1.23 bits per heavy atom. The van der Waals surface area contributed by atoms with Gasteiger partial charge in [0.15, 0.2) is 0 Å². The van der Waals surface area contributed by atoms with Crippen LogP contribution in [0.1, 0.15) is 6.42 Å². The van der Waals surface area contributed by atoms with Crippen LogP contribution >= 0.6 is 0 Å². The standard InChI is InChI=1S/C11H12O2/c1-13-10(12)11-7-4-2-3-5(7)9(11)6(3)8(4)11/h3-9H,2H2,1H3/t3?,4?,5-,6+,7+,8-,9?,11?. The van der Waals surface area contributed by atoms with Crippen LogP contribution in [0.4, 0.5) is 0 Å². The molecule has 6 rings (SSSR count). The summed E-state index contributed by atoms with van der Waals surface area (Å²) in [4.78, 5) is 11.7. The lowest BCUT2D eigenvalue weighted by Crippen LogP contribution is -2.90.